The van der Waals surface area contributed by atoms with E-state index in [0.29, 0.717) is 35.3 Å². The Bertz CT molecular complexity index is 1050. The minimum Gasteiger partial charge on any atom is -0.492 e. The van der Waals surface area contributed by atoms with Crippen LogP contribution < -0.4 is 18.4 Å². The Hall–Kier alpha value is -3.03. The highest BCUT2D eigenvalue weighted by Gasteiger charge is 2.22. The van der Waals surface area contributed by atoms with Crippen LogP contribution in [0.1, 0.15) is 32.2 Å². The fourth-order valence-corrected chi connectivity index (χ4v) is 3.40. The number of anilines is 1. The molecule has 0 fully saturated rings. The molecular formula is C19H23IN6O5. The number of aromatic nitrogens is 4. The van der Waals surface area contributed by atoms with Crippen molar-refractivity contribution in [2.45, 2.75) is 26.4 Å². The molecule has 1 unspecified atom stereocenters. The molecule has 11 nitrogen and oxygen atoms in total. The van der Waals surface area contributed by atoms with Crippen LogP contribution in [-0.2, 0) is 16.6 Å². The van der Waals surface area contributed by atoms with Gasteiger partial charge in [-0.1, -0.05) is 0 Å². The number of hydrogen-bond acceptors (Lipinski definition) is 7. The minimum absolute atomic E-state index is 0.0862. The summed E-state index contributed by atoms with van der Waals surface area (Å²) in [6.45, 7) is 4.23. The number of nitrogens with one attached hydrogen (secondary N) is 3. The van der Waals surface area contributed by atoms with E-state index in [9.17, 15) is 9.59 Å². The Morgan fingerprint density at radius 1 is 1.29 bits per heavy atom. The minimum atomic E-state index is -0.649. The molecule has 12 heteroatoms. The summed E-state index contributed by atoms with van der Waals surface area (Å²) in [5, 5.41) is 11.6. The van der Waals surface area contributed by atoms with Gasteiger partial charge in [-0.3, -0.25) is 9.89 Å². The second-order valence-corrected chi connectivity index (χ2v) is 6.98. The van der Waals surface area contributed by atoms with Crippen molar-refractivity contribution >= 4 is 51.9 Å². The maximum Gasteiger partial charge on any atom is 0.407 e. The van der Waals surface area contributed by atoms with Crippen LogP contribution in [0, 0.1) is 0 Å². The second-order valence-electron chi connectivity index (χ2n) is 6.54. The molecule has 2 aromatic heterocycles. The van der Waals surface area contributed by atoms with Gasteiger partial charge in [-0.25, -0.2) is 9.78 Å². The molecule has 0 saturated carbocycles. The molecule has 0 spiro atoms. The van der Waals surface area contributed by atoms with Crippen LogP contribution in [0.25, 0.3) is 11.0 Å². The van der Waals surface area contributed by atoms with Crippen molar-refractivity contribution in [2.24, 2.45) is 7.05 Å². The van der Waals surface area contributed by atoms with Crippen molar-refractivity contribution in [3.8, 4) is 11.5 Å². The Kier molecular flexibility index (Phi) is 7.55. The SMILES string of the molecule is CCOc1ccc(OI)c2c1nc(C(C)OC(=O)NCCC(=O)Nc1ccn[nH]1)n2C. The molecule has 1 atom stereocenters. The zero-order valence-corrected chi connectivity index (χ0v) is 19.4. The van der Waals surface area contributed by atoms with E-state index in [1.165, 1.54) is 6.20 Å². The van der Waals surface area contributed by atoms with Crippen LogP contribution >= 0.6 is 23.0 Å². The number of amides is 2. The highest BCUT2D eigenvalue weighted by molar-refractivity contribution is 14.1. The summed E-state index contributed by atoms with van der Waals surface area (Å²) in [6.07, 6.45) is 0.320. The number of aryl methyl sites for hydroxylation is 1. The van der Waals surface area contributed by atoms with E-state index in [1.54, 1.807) is 25.1 Å². The smallest absolute Gasteiger partial charge is 0.407 e. The van der Waals surface area contributed by atoms with Crippen LogP contribution in [-0.4, -0.2) is 44.9 Å². The van der Waals surface area contributed by atoms with Crippen molar-refractivity contribution in [3.05, 3.63) is 30.2 Å². The Morgan fingerprint density at radius 2 is 2.06 bits per heavy atom. The number of rotatable bonds is 9. The Morgan fingerprint density at radius 3 is 2.74 bits per heavy atom. The second kappa shape index (κ2) is 10.3. The number of carbonyl (C=O) groups excluding carboxylic acids is 2. The van der Waals surface area contributed by atoms with Gasteiger partial charge in [0, 0.05) is 26.1 Å². The lowest BCUT2D eigenvalue weighted by molar-refractivity contribution is -0.116. The zero-order valence-electron chi connectivity index (χ0n) is 17.3. The summed E-state index contributed by atoms with van der Waals surface area (Å²) in [6, 6.07) is 5.23. The van der Waals surface area contributed by atoms with E-state index in [4.69, 9.17) is 12.5 Å². The normalized spacial score (nSPS) is 11.7. The van der Waals surface area contributed by atoms with Gasteiger partial charge in [-0.2, -0.15) is 5.10 Å². The number of alkyl carbamates (subject to hydrolysis) is 1. The third kappa shape index (κ3) is 5.37. The lowest BCUT2D eigenvalue weighted by Gasteiger charge is -2.14. The zero-order chi connectivity index (χ0) is 22.4. The van der Waals surface area contributed by atoms with E-state index < -0.39 is 12.2 Å². The third-order valence-electron chi connectivity index (χ3n) is 4.41. The first-order chi connectivity index (χ1) is 14.9. The number of aromatic amines is 1. The van der Waals surface area contributed by atoms with E-state index in [0.717, 1.165) is 5.52 Å². The molecular weight excluding hydrogens is 519 g/mol. The molecule has 1 aromatic carbocycles. The monoisotopic (exact) mass is 542 g/mol. The number of hydrogen-bond donors (Lipinski definition) is 3. The fraction of sp³-hybridized carbons (Fsp3) is 0.368. The van der Waals surface area contributed by atoms with Gasteiger partial charge in [0.25, 0.3) is 0 Å². The van der Waals surface area contributed by atoms with Gasteiger partial charge in [-0.15, -0.1) is 0 Å². The highest BCUT2D eigenvalue weighted by Crippen LogP contribution is 2.35. The summed E-state index contributed by atoms with van der Waals surface area (Å²) >= 11 is 1.81. The predicted octanol–water partition coefficient (Wildman–Crippen LogP) is 3.24. The topological polar surface area (TPSA) is 132 Å². The molecule has 0 saturated heterocycles. The molecule has 0 aliphatic carbocycles. The van der Waals surface area contributed by atoms with Gasteiger partial charge < -0.3 is 27.7 Å². The van der Waals surface area contributed by atoms with Crippen LogP contribution in [0.15, 0.2) is 24.4 Å². The summed E-state index contributed by atoms with van der Waals surface area (Å²) < 4.78 is 18.3. The number of H-pyrrole nitrogens is 1. The van der Waals surface area contributed by atoms with E-state index >= 15 is 0 Å². The largest absolute Gasteiger partial charge is 0.492 e. The molecule has 31 heavy (non-hydrogen) atoms. The molecule has 3 rings (SSSR count). The van der Waals surface area contributed by atoms with Gasteiger partial charge in [0.15, 0.2) is 40.7 Å². The van der Waals surface area contributed by atoms with Crippen molar-refractivity contribution in [3.63, 3.8) is 0 Å². The van der Waals surface area contributed by atoms with Gasteiger partial charge in [0.2, 0.25) is 5.91 Å². The summed E-state index contributed by atoms with van der Waals surface area (Å²) in [4.78, 5) is 28.6. The molecule has 3 N–H and O–H groups in total. The van der Waals surface area contributed by atoms with Gasteiger partial charge in [0.1, 0.15) is 22.6 Å². The number of benzene rings is 1. The van der Waals surface area contributed by atoms with Crippen LogP contribution in [0.3, 0.4) is 0 Å². The number of ether oxygens (including phenoxy) is 2. The van der Waals surface area contributed by atoms with Crippen molar-refractivity contribution in [1.29, 1.82) is 0 Å². The molecule has 0 aliphatic rings. The maximum atomic E-state index is 12.2. The molecule has 0 bridgehead atoms. The number of carbonyl (C=O) groups is 2. The average Bonchev–Trinajstić information content (AvgIpc) is 3.37. The first kappa shape index (κ1) is 22.7. The predicted molar refractivity (Wildman–Crippen MR) is 121 cm³/mol. The number of nitrogens with zero attached hydrogens (tertiary/aromatic N) is 3. The van der Waals surface area contributed by atoms with E-state index in [2.05, 4.69) is 25.8 Å². The highest BCUT2D eigenvalue weighted by atomic mass is 127. The standard InChI is InChI=1S/C19H23IN6O5/c1-4-29-12-5-6-13(31-20)17-16(12)24-18(26(17)3)11(2)30-19(28)21-9-8-15(27)23-14-7-10-22-25-14/h5-7,10-11H,4,8-9H2,1-3H3,(H,21,28)(H2,22,23,25,27). The van der Waals surface area contributed by atoms with Gasteiger partial charge >= 0.3 is 6.09 Å². The van der Waals surface area contributed by atoms with Crippen LogP contribution in [0.4, 0.5) is 10.6 Å². The van der Waals surface area contributed by atoms with Crippen LogP contribution in [0.2, 0.25) is 0 Å². The summed E-state index contributed by atoms with van der Waals surface area (Å²) in [5.74, 6) is 2.01. The summed E-state index contributed by atoms with van der Waals surface area (Å²) in [5.41, 5.74) is 1.36. The van der Waals surface area contributed by atoms with Crippen LogP contribution in [0.5, 0.6) is 11.5 Å². The number of fused-ring (bicyclic) bond motifs is 1. The van der Waals surface area contributed by atoms with Gasteiger partial charge in [0.05, 0.1) is 12.8 Å². The first-order valence-corrected chi connectivity index (χ1v) is 10.5. The molecule has 2 amide bonds. The van der Waals surface area contributed by atoms with Gasteiger partial charge in [-0.05, 0) is 26.0 Å². The van der Waals surface area contributed by atoms with E-state index in [1.807, 2.05) is 41.5 Å². The van der Waals surface area contributed by atoms with Crippen molar-refractivity contribution in [1.82, 2.24) is 25.1 Å². The summed E-state index contributed by atoms with van der Waals surface area (Å²) in [7, 11) is 1.82. The number of halogens is 1. The Labute approximate surface area is 192 Å². The first-order valence-electron chi connectivity index (χ1n) is 9.59. The number of imidazole rings is 1. The lowest BCUT2D eigenvalue weighted by Crippen LogP contribution is -2.29. The van der Waals surface area contributed by atoms with Crippen molar-refractivity contribution in [2.75, 3.05) is 18.5 Å². The maximum absolute atomic E-state index is 12.2. The third-order valence-corrected chi connectivity index (χ3v) is 4.88. The Balaban J connectivity index is 1.62. The quantitative estimate of drug-likeness (QED) is 0.354. The fourth-order valence-electron chi connectivity index (χ4n) is 3.05. The molecule has 166 valence electrons. The molecule has 0 radical (unpaired) electrons. The molecule has 0 aliphatic heterocycles. The molecule has 2 heterocycles. The van der Waals surface area contributed by atoms with E-state index in [-0.39, 0.29) is 18.9 Å². The molecule has 3 aromatic rings. The van der Waals surface area contributed by atoms with Crippen molar-refractivity contribution < 1.29 is 22.1 Å². The lowest BCUT2D eigenvalue weighted by atomic mass is 10.2. The average molecular weight is 542 g/mol.